The Bertz CT molecular complexity index is 853. The maximum Gasteiger partial charge on any atom is 0.174 e. The van der Waals surface area contributed by atoms with Gasteiger partial charge in [0, 0.05) is 25.7 Å². The summed E-state index contributed by atoms with van der Waals surface area (Å²) in [6.07, 6.45) is -0.320. The van der Waals surface area contributed by atoms with Crippen LogP contribution in [0.25, 0.3) is 0 Å². The standard InChI is InChI=1S/C20H27NO6S/c1-5-7-12-26-16-10-8-15(9-11-16)18-13-17(27-21-18)14-20(3,28(4,23)24)19(22)25-6-2/h8-11,17,19,22H,6,12-14H2,1-4H3. The zero-order valence-electron chi connectivity index (χ0n) is 16.6. The third-order valence-corrected chi connectivity index (χ3v) is 6.80. The summed E-state index contributed by atoms with van der Waals surface area (Å²) in [6.45, 7) is 5.45. The molecule has 0 radical (unpaired) electrons. The van der Waals surface area contributed by atoms with Crippen LogP contribution in [0.2, 0.25) is 0 Å². The van der Waals surface area contributed by atoms with E-state index in [0.29, 0.717) is 24.5 Å². The number of hydrogen-bond acceptors (Lipinski definition) is 7. The number of nitrogens with zero attached hydrogens (tertiary/aromatic N) is 1. The lowest BCUT2D eigenvalue weighted by Crippen LogP contribution is -2.49. The molecular weight excluding hydrogens is 382 g/mol. The number of rotatable bonds is 9. The SMILES string of the molecule is CC#CCOc1ccc(C2=NOC(CC(C)(C(O)OCC)S(C)(=O)=O)C2)cc1. The van der Waals surface area contributed by atoms with Crippen LogP contribution < -0.4 is 4.74 Å². The maximum atomic E-state index is 12.3. The molecule has 0 saturated heterocycles. The van der Waals surface area contributed by atoms with E-state index in [0.717, 1.165) is 11.8 Å². The van der Waals surface area contributed by atoms with Crippen molar-refractivity contribution >= 4 is 15.5 Å². The molecule has 1 N–H and O–H groups in total. The molecule has 1 aromatic rings. The second-order valence-corrected chi connectivity index (χ2v) is 9.28. The highest BCUT2D eigenvalue weighted by Gasteiger charge is 2.47. The first-order valence-corrected chi connectivity index (χ1v) is 10.9. The summed E-state index contributed by atoms with van der Waals surface area (Å²) in [5, 5.41) is 14.3. The Hall–Kier alpha value is -2.08. The Morgan fingerprint density at radius 2 is 2.07 bits per heavy atom. The molecule has 1 aliphatic heterocycles. The molecule has 0 aliphatic carbocycles. The molecule has 3 atom stereocenters. The Balaban J connectivity index is 2.04. The van der Waals surface area contributed by atoms with Gasteiger partial charge < -0.3 is 19.4 Å². The van der Waals surface area contributed by atoms with E-state index < -0.39 is 27.0 Å². The predicted molar refractivity (Wildman–Crippen MR) is 107 cm³/mol. The molecule has 0 fully saturated rings. The molecule has 0 spiro atoms. The summed E-state index contributed by atoms with van der Waals surface area (Å²) in [5.74, 6) is 6.29. The zero-order valence-corrected chi connectivity index (χ0v) is 17.5. The maximum absolute atomic E-state index is 12.3. The third kappa shape index (κ3) is 5.25. The molecule has 0 bridgehead atoms. The van der Waals surface area contributed by atoms with Crippen molar-refractivity contribution in [2.45, 2.75) is 50.8 Å². The van der Waals surface area contributed by atoms with Gasteiger partial charge in [-0.3, -0.25) is 0 Å². The van der Waals surface area contributed by atoms with Crippen molar-refractivity contribution in [2.75, 3.05) is 19.5 Å². The normalized spacial score (nSPS) is 19.6. The minimum Gasteiger partial charge on any atom is -0.481 e. The zero-order chi connectivity index (χ0) is 20.8. The van der Waals surface area contributed by atoms with Crippen molar-refractivity contribution in [3.8, 4) is 17.6 Å². The Labute approximate surface area is 166 Å². The molecule has 154 valence electrons. The minimum atomic E-state index is -3.61. The van der Waals surface area contributed by atoms with Gasteiger partial charge in [-0.1, -0.05) is 11.1 Å². The quantitative estimate of drug-likeness (QED) is 0.496. The van der Waals surface area contributed by atoms with Crippen LogP contribution in [0.15, 0.2) is 29.4 Å². The third-order valence-electron chi connectivity index (χ3n) is 4.74. The van der Waals surface area contributed by atoms with E-state index in [1.807, 2.05) is 24.3 Å². The van der Waals surface area contributed by atoms with Crippen LogP contribution in [0.1, 0.15) is 39.2 Å². The topological polar surface area (TPSA) is 94.4 Å². The highest BCUT2D eigenvalue weighted by atomic mass is 32.2. The van der Waals surface area contributed by atoms with Gasteiger partial charge >= 0.3 is 0 Å². The molecule has 1 aliphatic rings. The lowest BCUT2D eigenvalue weighted by Gasteiger charge is -2.33. The van der Waals surface area contributed by atoms with Crippen molar-refractivity contribution < 1.29 is 27.8 Å². The fourth-order valence-electron chi connectivity index (χ4n) is 2.87. The number of aliphatic hydroxyl groups is 1. The lowest BCUT2D eigenvalue weighted by atomic mass is 9.96. The van der Waals surface area contributed by atoms with Crippen molar-refractivity contribution in [3.05, 3.63) is 29.8 Å². The summed E-state index contributed by atoms with van der Waals surface area (Å²) in [4.78, 5) is 5.46. The van der Waals surface area contributed by atoms with Crippen molar-refractivity contribution in [1.29, 1.82) is 0 Å². The second-order valence-electron chi connectivity index (χ2n) is 6.81. The van der Waals surface area contributed by atoms with Gasteiger partial charge in [0.25, 0.3) is 0 Å². The molecule has 0 aromatic heterocycles. The summed E-state index contributed by atoms with van der Waals surface area (Å²) in [7, 11) is -3.61. The molecule has 0 amide bonds. The van der Waals surface area contributed by atoms with Gasteiger partial charge in [-0.15, -0.1) is 5.92 Å². The first kappa shape index (κ1) is 22.2. The highest BCUT2D eigenvalue weighted by Crippen LogP contribution is 2.32. The van der Waals surface area contributed by atoms with Crippen LogP contribution in [0.5, 0.6) is 5.75 Å². The van der Waals surface area contributed by atoms with Gasteiger partial charge in [0.1, 0.15) is 23.2 Å². The van der Waals surface area contributed by atoms with E-state index in [1.165, 1.54) is 6.92 Å². The number of oxime groups is 1. The highest BCUT2D eigenvalue weighted by molar-refractivity contribution is 7.92. The molecule has 28 heavy (non-hydrogen) atoms. The Kier molecular flexibility index (Phi) is 7.47. The molecule has 1 heterocycles. The van der Waals surface area contributed by atoms with E-state index in [1.54, 1.807) is 13.8 Å². The van der Waals surface area contributed by atoms with Crippen molar-refractivity contribution in [3.63, 3.8) is 0 Å². The van der Waals surface area contributed by atoms with Crippen LogP contribution in [0.4, 0.5) is 0 Å². The number of ether oxygens (including phenoxy) is 2. The van der Waals surface area contributed by atoms with E-state index >= 15 is 0 Å². The fraction of sp³-hybridized carbons (Fsp3) is 0.550. The van der Waals surface area contributed by atoms with E-state index in [-0.39, 0.29) is 13.0 Å². The molecule has 7 nitrogen and oxygen atoms in total. The van der Waals surface area contributed by atoms with Crippen molar-refractivity contribution in [1.82, 2.24) is 0 Å². The van der Waals surface area contributed by atoms with Gasteiger partial charge in [-0.25, -0.2) is 8.42 Å². The molecular formula is C20H27NO6S. The first-order chi connectivity index (χ1) is 13.2. The van der Waals surface area contributed by atoms with Crippen molar-refractivity contribution in [2.24, 2.45) is 5.16 Å². The van der Waals surface area contributed by atoms with Gasteiger partial charge in [0.2, 0.25) is 0 Å². The first-order valence-electron chi connectivity index (χ1n) is 9.06. The van der Waals surface area contributed by atoms with E-state index in [9.17, 15) is 13.5 Å². The molecule has 8 heteroatoms. The summed E-state index contributed by atoms with van der Waals surface area (Å²) < 4.78 is 33.8. The van der Waals surface area contributed by atoms with Crippen LogP contribution >= 0.6 is 0 Å². The van der Waals surface area contributed by atoms with Gasteiger partial charge in [0.05, 0.1) is 5.71 Å². The molecule has 2 rings (SSSR count). The van der Waals surface area contributed by atoms with Gasteiger partial charge in [-0.2, -0.15) is 0 Å². The second kappa shape index (κ2) is 9.41. The summed E-state index contributed by atoms with van der Waals surface area (Å²) in [5.41, 5.74) is 1.58. The number of hydrogen-bond donors (Lipinski definition) is 1. The smallest absolute Gasteiger partial charge is 0.174 e. The Morgan fingerprint density at radius 3 is 2.64 bits per heavy atom. The Morgan fingerprint density at radius 1 is 1.39 bits per heavy atom. The summed E-state index contributed by atoms with van der Waals surface area (Å²) in [6, 6.07) is 7.37. The van der Waals surface area contributed by atoms with E-state index in [2.05, 4.69) is 17.0 Å². The molecule has 0 saturated carbocycles. The number of sulfone groups is 1. The minimum absolute atomic E-state index is 0.0664. The fourth-order valence-corrected chi connectivity index (χ4v) is 3.79. The number of benzene rings is 1. The van der Waals surface area contributed by atoms with Crippen LogP contribution in [-0.2, 0) is 19.4 Å². The van der Waals surface area contributed by atoms with Gasteiger partial charge in [0.15, 0.2) is 16.1 Å². The van der Waals surface area contributed by atoms with Crippen LogP contribution in [0, 0.1) is 11.8 Å². The monoisotopic (exact) mass is 409 g/mol. The predicted octanol–water partition coefficient (Wildman–Crippen LogP) is 2.13. The average Bonchev–Trinajstić information content (AvgIpc) is 3.10. The largest absolute Gasteiger partial charge is 0.481 e. The van der Waals surface area contributed by atoms with Gasteiger partial charge in [-0.05, 0) is 50.6 Å². The lowest BCUT2D eigenvalue weighted by molar-refractivity contribution is -0.124. The molecule has 3 unspecified atom stereocenters. The van der Waals surface area contributed by atoms with E-state index in [4.69, 9.17) is 14.3 Å². The van der Waals surface area contributed by atoms with Crippen LogP contribution in [0.3, 0.4) is 0 Å². The average molecular weight is 410 g/mol. The number of aliphatic hydroxyl groups excluding tert-OH is 1. The van der Waals surface area contributed by atoms with Crippen LogP contribution in [-0.4, -0.2) is 55.8 Å². The molecule has 1 aromatic carbocycles. The summed E-state index contributed by atoms with van der Waals surface area (Å²) >= 11 is 0.